The molecular formula is C16H29N5P+. The van der Waals surface area contributed by atoms with E-state index >= 15 is 0 Å². The van der Waals surface area contributed by atoms with Crippen LogP contribution in [0, 0.1) is 0 Å². The van der Waals surface area contributed by atoms with Gasteiger partial charge < -0.3 is 0 Å². The van der Waals surface area contributed by atoms with Crippen LogP contribution in [-0.4, -0.2) is 45.1 Å². The van der Waals surface area contributed by atoms with Crippen molar-refractivity contribution in [3.8, 4) is 0 Å². The van der Waals surface area contributed by atoms with Crippen molar-refractivity contribution in [3.63, 3.8) is 0 Å². The molecule has 0 spiro atoms. The number of hydrogen-bond donors (Lipinski definition) is 1. The summed E-state index contributed by atoms with van der Waals surface area (Å²) in [5.41, 5.74) is 10.3. The average Bonchev–Trinajstić information content (AvgIpc) is 2.87. The maximum Gasteiger partial charge on any atom is 0.313 e. The summed E-state index contributed by atoms with van der Waals surface area (Å²) in [4.78, 5) is 4.92. The van der Waals surface area contributed by atoms with Crippen LogP contribution in [-0.2, 0) is 7.05 Å². The maximum absolute atomic E-state index is 7.09. The highest BCUT2D eigenvalue weighted by atomic mass is 31.2. The summed E-state index contributed by atoms with van der Waals surface area (Å²) >= 11 is 0. The number of fused-ring (bicyclic) bond motifs is 1. The Bertz CT molecular complexity index is 604. The van der Waals surface area contributed by atoms with E-state index in [0.29, 0.717) is 0 Å². The fraction of sp³-hybridized carbons (Fsp3) is 0.562. The number of para-hydroxylation sites is 2. The summed E-state index contributed by atoms with van der Waals surface area (Å²) < 4.78 is 6.96. The highest BCUT2D eigenvalue weighted by molar-refractivity contribution is 7.76. The first-order valence-corrected chi connectivity index (χ1v) is 9.91. The van der Waals surface area contributed by atoms with Crippen LogP contribution in [0.5, 0.6) is 0 Å². The molecule has 0 aliphatic heterocycles. The molecule has 0 unspecified atom stereocenters. The molecule has 0 aliphatic rings. The molecule has 0 aliphatic carbocycles. The van der Waals surface area contributed by atoms with Gasteiger partial charge in [0.25, 0.3) is 7.71 Å². The van der Waals surface area contributed by atoms with Crippen molar-refractivity contribution in [1.29, 1.82) is 0 Å². The first kappa shape index (κ1) is 17.4. The predicted octanol–water partition coefficient (Wildman–Crippen LogP) is 2.60. The van der Waals surface area contributed by atoms with Crippen LogP contribution in [0.2, 0.25) is 0 Å². The van der Waals surface area contributed by atoms with Gasteiger partial charge in [0.2, 0.25) is 0 Å². The number of nitrogens with two attached hydrogens (primary N) is 1. The fourth-order valence-corrected chi connectivity index (χ4v) is 6.56. The monoisotopic (exact) mass is 322 g/mol. The van der Waals surface area contributed by atoms with Gasteiger partial charge in [-0.3, -0.25) is 4.57 Å². The maximum atomic E-state index is 7.09. The highest BCUT2D eigenvalue weighted by Gasteiger charge is 2.52. The Kier molecular flexibility index (Phi) is 5.56. The molecule has 1 aromatic heterocycles. The summed E-state index contributed by atoms with van der Waals surface area (Å²) in [5.74, 6) is 0. The summed E-state index contributed by atoms with van der Waals surface area (Å²) in [6.45, 7) is 12.4. The van der Waals surface area contributed by atoms with Crippen molar-refractivity contribution >= 4 is 24.3 Å². The van der Waals surface area contributed by atoms with Gasteiger partial charge in [0.05, 0.1) is 11.0 Å². The van der Waals surface area contributed by atoms with Crippen LogP contribution in [0.1, 0.15) is 27.7 Å². The van der Waals surface area contributed by atoms with Crippen LogP contribution in [0.4, 0.5) is 0 Å². The van der Waals surface area contributed by atoms with Crippen molar-refractivity contribution in [2.75, 3.05) is 26.2 Å². The molecule has 0 fully saturated rings. The van der Waals surface area contributed by atoms with Crippen molar-refractivity contribution < 1.29 is 0 Å². The van der Waals surface area contributed by atoms with Gasteiger partial charge in [-0.2, -0.15) is 10.5 Å². The van der Waals surface area contributed by atoms with Crippen molar-refractivity contribution in [1.82, 2.24) is 18.9 Å². The van der Waals surface area contributed by atoms with E-state index in [1.807, 2.05) is 6.07 Å². The quantitative estimate of drug-likeness (QED) is 0.796. The van der Waals surface area contributed by atoms with E-state index in [1.165, 1.54) is 0 Å². The number of aromatic nitrogens is 2. The summed E-state index contributed by atoms with van der Waals surface area (Å²) in [7, 11) is -0.0509. The third-order valence-corrected chi connectivity index (χ3v) is 8.23. The summed E-state index contributed by atoms with van der Waals surface area (Å²) in [6.07, 6.45) is 0. The Labute approximate surface area is 134 Å². The van der Waals surface area contributed by atoms with Crippen molar-refractivity contribution in [2.45, 2.75) is 27.7 Å². The van der Waals surface area contributed by atoms with Gasteiger partial charge in [0.1, 0.15) is 0 Å². The molecule has 0 saturated heterocycles. The molecule has 2 N–H and O–H groups in total. The van der Waals surface area contributed by atoms with Crippen LogP contribution in [0.15, 0.2) is 24.3 Å². The lowest BCUT2D eigenvalue weighted by Gasteiger charge is -2.36. The summed E-state index contributed by atoms with van der Waals surface area (Å²) in [6, 6.07) is 8.26. The van der Waals surface area contributed by atoms with Gasteiger partial charge in [-0.1, -0.05) is 12.1 Å². The third kappa shape index (κ3) is 2.67. The zero-order valence-corrected chi connectivity index (χ0v) is 15.3. The second-order valence-corrected chi connectivity index (χ2v) is 8.22. The molecule has 2 aromatic rings. The Balaban J connectivity index is 2.68. The fourth-order valence-electron chi connectivity index (χ4n) is 3.17. The Morgan fingerprint density at radius 2 is 1.50 bits per heavy atom. The van der Waals surface area contributed by atoms with Crippen LogP contribution < -0.4 is 11.1 Å². The van der Waals surface area contributed by atoms with Gasteiger partial charge in [-0.05, 0) is 39.8 Å². The van der Waals surface area contributed by atoms with Crippen molar-refractivity contribution in [3.05, 3.63) is 24.3 Å². The first-order valence-electron chi connectivity index (χ1n) is 8.14. The SMILES string of the molecule is CCN(CC)[P+](N)(c1nc2ccccc2n1C)N(CC)CC. The molecule has 1 heterocycles. The minimum atomic E-state index is -2.13. The molecule has 5 nitrogen and oxygen atoms in total. The first-order chi connectivity index (χ1) is 10.5. The summed E-state index contributed by atoms with van der Waals surface area (Å²) in [5, 5.41) is 0. The van der Waals surface area contributed by atoms with E-state index in [2.05, 4.69) is 66.8 Å². The largest absolute Gasteiger partial charge is 0.313 e. The minimum Gasteiger partial charge on any atom is -0.294 e. The number of imidazole rings is 1. The zero-order valence-electron chi connectivity index (χ0n) is 14.5. The zero-order chi connectivity index (χ0) is 16.3. The number of nitrogens with zero attached hydrogens (tertiary/aromatic N) is 4. The number of hydrogen-bond acceptors (Lipinski definition) is 4. The lowest BCUT2D eigenvalue weighted by Crippen LogP contribution is -2.48. The second-order valence-electron chi connectivity index (χ2n) is 5.39. The number of rotatable bonds is 7. The van der Waals surface area contributed by atoms with E-state index in [-0.39, 0.29) is 0 Å². The van der Waals surface area contributed by atoms with E-state index in [4.69, 9.17) is 10.5 Å². The predicted molar refractivity (Wildman–Crippen MR) is 97.3 cm³/mol. The van der Waals surface area contributed by atoms with Gasteiger partial charge >= 0.3 is 5.57 Å². The molecule has 0 radical (unpaired) electrons. The molecule has 0 bridgehead atoms. The third-order valence-electron chi connectivity index (χ3n) is 4.38. The van der Waals surface area contributed by atoms with Crippen molar-refractivity contribution in [2.24, 2.45) is 12.6 Å². The second kappa shape index (κ2) is 7.05. The average molecular weight is 322 g/mol. The van der Waals surface area contributed by atoms with E-state index < -0.39 is 7.71 Å². The topological polar surface area (TPSA) is 50.3 Å². The molecule has 6 heteroatoms. The number of benzene rings is 1. The molecule has 0 amide bonds. The lowest BCUT2D eigenvalue weighted by molar-refractivity contribution is 0.411. The molecule has 0 atom stereocenters. The number of aryl methyl sites for hydroxylation is 1. The standard InChI is InChI=1S/C16H29N5P/c1-6-20(7-2)22(17,21(8-3)9-4)16-18-14-12-10-11-13-15(14)19(16)5/h10-13H,6-9,17H2,1-5H3/q+1. The molecule has 22 heavy (non-hydrogen) atoms. The van der Waals surface area contributed by atoms with Gasteiger partial charge in [0.15, 0.2) is 0 Å². The molecule has 2 rings (SSSR count). The van der Waals surface area contributed by atoms with Crippen LogP contribution >= 0.6 is 7.71 Å². The molecule has 0 saturated carbocycles. The minimum absolute atomic E-state index is 0.931. The van der Waals surface area contributed by atoms with Gasteiger partial charge in [-0.25, -0.2) is 0 Å². The van der Waals surface area contributed by atoms with Gasteiger partial charge in [0, 0.05) is 33.2 Å². The smallest absolute Gasteiger partial charge is 0.294 e. The molecule has 1 aromatic carbocycles. The van der Waals surface area contributed by atoms with E-state index in [9.17, 15) is 0 Å². The lowest BCUT2D eigenvalue weighted by atomic mass is 10.3. The highest BCUT2D eigenvalue weighted by Crippen LogP contribution is 2.55. The normalized spacial score (nSPS) is 12.7. The van der Waals surface area contributed by atoms with E-state index in [1.54, 1.807) is 0 Å². The van der Waals surface area contributed by atoms with E-state index in [0.717, 1.165) is 42.8 Å². The van der Waals surface area contributed by atoms with Crippen LogP contribution in [0.3, 0.4) is 0 Å². The van der Waals surface area contributed by atoms with Gasteiger partial charge in [-0.15, -0.1) is 9.34 Å². The Morgan fingerprint density at radius 3 is 1.95 bits per heavy atom. The molecular weight excluding hydrogens is 293 g/mol. The Hall–Kier alpha value is -1.00. The van der Waals surface area contributed by atoms with Crippen LogP contribution in [0.25, 0.3) is 11.0 Å². The molecule has 122 valence electrons. The Morgan fingerprint density at radius 1 is 1.00 bits per heavy atom.